The maximum Gasteiger partial charge on any atom is 0.243 e. The summed E-state index contributed by atoms with van der Waals surface area (Å²) in [6.45, 7) is 4.57. The molecular weight excluding hydrogens is 300 g/mol. The minimum Gasteiger partial charge on any atom is -0.492 e. The highest BCUT2D eigenvalue weighted by Crippen LogP contribution is 2.24. The van der Waals surface area contributed by atoms with Crippen molar-refractivity contribution in [3.05, 3.63) is 53.1 Å². The van der Waals surface area contributed by atoms with E-state index in [1.165, 1.54) is 0 Å². The van der Waals surface area contributed by atoms with Crippen molar-refractivity contribution in [1.82, 2.24) is 0 Å². The van der Waals surface area contributed by atoms with Crippen molar-refractivity contribution in [2.24, 2.45) is 0 Å². The van der Waals surface area contributed by atoms with Crippen LogP contribution in [0.2, 0.25) is 5.02 Å². The molecule has 0 aliphatic rings. The molecule has 0 bridgehead atoms. The van der Waals surface area contributed by atoms with E-state index in [0.717, 1.165) is 17.0 Å². The van der Waals surface area contributed by atoms with Crippen LogP contribution in [0.5, 0.6) is 5.75 Å². The Morgan fingerprint density at radius 3 is 2.68 bits per heavy atom. The number of ether oxygens (including phenoxy) is 1. The first-order chi connectivity index (χ1) is 10.6. The van der Waals surface area contributed by atoms with Crippen LogP contribution in [0, 0.1) is 6.92 Å². The number of amides is 1. The number of nitrogens with one attached hydrogen (secondary N) is 2. The third-order valence-corrected chi connectivity index (χ3v) is 3.34. The van der Waals surface area contributed by atoms with Crippen LogP contribution >= 0.6 is 11.6 Å². The third kappa shape index (κ3) is 4.40. The summed E-state index contributed by atoms with van der Waals surface area (Å²) in [5.74, 6) is 0.559. The molecule has 0 saturated carbocycles. The summed E-state index contributed by atoms with van der Waals surface area (Å²) < 4.78 is 5.50. The number of carbonyl (C=O) groups is 1. The highest BCUT2D eigenvalue weighted by Gasteiger charge is 2.08. The maximum atomic E-state index is 12.0. The van der Waals surface area contributed by atoms with Gasteiger partial charge in [0.2, 0.25) is 5.91 Å². The number of halogens is 1. The summed E-state index contributed by atoms with van der Waals surface area (Å²) in [5, 5.41) is 6.38. The van der Waals surface area contributed by atoms with E-state index in [2.05, 4.69) is 10.6 Å². The Balaban J connectivity index is 1.95. The predicted molar refractivity (Wildman–Crippen MR) is 90.9 cm³/mol. The molecule has 2 N–H and O–H groups in total. The van der Waals surface area contributed by atoms with Crippen LogP contribution in [-0.4, -0.2) is 19.1 Å². The van der Waals surface area contributed by atoms with Gasteiger partial charge in [0.25, 0.3) is 0 Å². The molecule has 2 aromatic rings. The van der Waals surface area contributed by atoms with E-state index < -0.39 is 0 Å². The van der Waals surface area contributed by atoms with Crippen LogP contribution < -0.4 is 15.4 Å². The number of hydrogen-bond donors (Lipinski definition) is 2. The number of para-hydroxylation sites is 2. The van der Waals surface area contributed by atoms with Gasteiger partial charge in [-0.25, -0.2) is 0 Å². The fourth-order valence-corrected chi connectivity index (χ4v) is 2.27. The molecule has 0 radical (unpaired) electrons. The summed E-state index contributed by atoms with van der Waals surface area (Å²) in [4.78, 5) is 12.0. The van der Waals surface area contributed by atoms with Crippen molar-refractivity contribution in [3.8, 4) is 5.75 Å². The summed E-state index contributed by atoms with van der Waals surface area (Å²) in [5.41, 5.74) is 2.44. The van der Waals surface area contributed by atoms with Crippen molar-refractivity contribution >= 4 is 28.9 Å². The van der Waals surface area contributed by atoms with Crippen molar-refractivity contribution < 1.29 is 9.53 Å². The van der Waals surface area contributed by atoms with Gasteiger partial charge in [-0.1, -0.05) is 29.8 Å². The van der Waals surface area contributed by atoms with E-state index >= 15 is 0 Å². The van der Waals surface area contributed by atoms with E-state index in [0.29, 0.717) is 17.3 Å². The number of anilines is 2. The fourth-order valence-electron chi connectivity index (χ4n) is 1.99. The summed E-state index contributed by atoms with van der Waals surface area (Å²) in [6, 6.07) is 13.0. The standard InChI is InChI=1S/C17H19ClN2O2/c1-3-22-16-7-5-4-6-15(16)19-11-17(21)20-14-9-8-12(2)10-13(14)18/h4-10,19H,3,11H2,1-2H3,(H,20,21). The molecule has 22 heavy (non-hydrogen) atoms. The predicted octanol–water partition coefficient (Wildman–Crippen LogP) is 4.10. The van der Waals surface area contributed by atoms with Crippen LogP contribution in [0.15, 0.2) is 42.5 Å². The molecule has 2 aromatic carbocycles. The molecule has 0 spiro atoms. The van der Waals surface area contributed by atoms with Gasteiger partial charge < -0.3 is 15.4 Å². The average molecular weight is 319 g/mol. The molecule has 116 valence electrons. The lowest BCUT2D eigenvalue weighted by molar-refractivity contribution is -0.114. The molecule has 0 aromatic heterocycles. The van der Waals surface area contributed by atoms with E-state index in [4.69, 9.17) is 16.3 Å². The zero-order valence-electron chi connectivity index (χ0n) is 12.7. The second-order valence-corrected chi connectivity index (χ2v) is 5.22. The first kappa shape index (κ1) is 16.2. The van der Waals surface area contributed by atoms with E-state index in [9.17, 15) is 4.79 Å². The van der Waals surface area contributed by atoms with Gasteiger partial charge in [-0.3, -0.25) is 4.79 Å². The molecule has 4 nitrogen and oxygen atoms in total. The Kier molecular flexibility index (Phi) is 5.67. The van der Waals surface area contributed by atoms with Crippen LogP contribution in [-0.2, 0) is 4.79 Å². The Morgan fingerprint density at radius 1 is 1.18 bits per heavy atom. The van der Waals surface area contributed by atoms with Gasteiger partial charge >= 0.3 is 0 Å². The lowest BCUT2D eigenvalue weighted by Gasteiger charge is -2.12. The Bertz CT molecular complexity index is 659. The monoisotopic (exact) mass is 318 g/mol. The molecular formula is C17H19ClN2O2. The summed E-state index contributed by atoms with van der Waals surface area (Å²) in [6.07, 6.45) is 0. The Morgan fingerprint density at radius 2 is 1.95 bits per heavy atom. The quantitative estimate of drug-likeness (QED) is 0.843. The Labute approximate surface area is 135 Å². The molecule has 0 fully saturated rings. The lowest BCUT2D eigenvalue weighted by atomic mass is 10.2. The lowest BCUT2D eigenvalue weighted by Crippen LogP contribution is -2.22. The maximum absolute atomic E-state index is 12.0. The molecule has 1 amide bonds. The number of benzene rings is 2. The molecule has 0 atom stereocenters. The van der Waals surface area contributed by atoms with E-state index in [1.807, 2.05) is 50.2 Å². The second kappa shape index (κ2) is 7.71. The largest absolute Gasteiger partial charge is 0.492 e. The molecule has 0 unspecified atom stereocenters. The van der Waals surface area contributed by atoms with Crippen LogP contribution in [0.4, 0.5) is 11.4 Å². The van der Waals surface area contributed by atoms with Crippen LogP contribution in [0.1, 0.15) is 12.5 Å². The van der Waals surface area contributed by atoms with Gasteiger partial charge in [-0.05, 0) is 43.7 Å². The molecule has 2 rings (SSSR count). The SMILES string of the molecule is CCOc1ccccc1NCC(=O)Nc1ccc(C)cc1Cl. The second-order valence-electron chi connectivity index (χ2n) is 4.81. The summed E-state index contributed by atoms with van der Waals surface area (Å²) >= 11 is 6.10. The normalized spacial score (nSPS) is 10.1. The van der Waals surface area contributed by atoms with Gasteiger partial charge in [0.05, 0.1) is 29.5 Å². The minimum absolute atomic E-state index is 0.133. The van der Waals surface area contributed by atoms with Gasteiger partial charge in [0.1, 0.15) is 5.75 Å². The van der Waals surface area contributed by atoms with Gasteiger partial charge in [-0.15, -0.1) is 0 Å². The first-order valence-corrected chi connectivity index (χ1v) is 7.49. The molecule has 0 aliphatic heterocycles. The van der Waals surface area contributed by atoms with Gasteiger partial charge in [0, 0.05) is 0 Å². The minimum atomic E-state index is -0.169. The average Bonchev–Trinajstić information content (AvgIpc) is 2.49. The van der Waals surface area contributed by atoms with Gasteiger partial charge in [0.15, 0.2) is 0 Å². The van der Waals surface area contributed by atoms with Gasteiger partial charge in [-0.2, -0.15) is 0 Å². The zero-order chi connectivity index (χ0) is 15.9. The number of aryl methyl sites for hydroxylation is 1. The van der Waals surface area contributed by atoms with Crippen LogP contribution in [0.3, 0.4) is 0 Å². The smallest absolute Gasteiger partial charge is 0.243 e. The molecule has 5 heteroatoms. The number of hydrogen-bond acceptors (Lipinski definition) is 3. The first-order valence-electron chi connectivity index (χ1n) is 7.12. The number of carbonyl (C=O) groups excluding carboxylic acids is 1. The third-order valence-electron chi connectivity index (χ3n) is 3.02. The van der Waals surface area contributed by atoms with E-state index in [1.54, 1.807) is 6.07 Å². The molecule has 0 saturated heterocycles. The highest BCUT2D eigenvalue weighted by molar-refractivity contribution is 6.33. The van der Waals surface area contributed by atoms with Crippen molar-refractivity contribution in [3.63, 3.8) is 0 Å². The van der Waals surface area contributed by atoms with Crippen LogP contribution in [0.25, 0.3) is 0 Å². The van der Waals surface area contributed by atoms with Crippen molar-refractivity contribution in [1.29, 1.82) is 0 Å². The zero-order valence-corrected chi connectivity index (χ0v) is 13.4. The highest BCUT2D eigenvalue weighted by atomic mass is 35.5. The number of rotatable bonds is 6. The Hall–Kier alpha value is -2.20. The topological polar surface area (TPSA) is 50.4 Å². The fraction of sp³-hybridized carbons (Fsp3) is 0.235. The van der Waals surface area contributed by atoms with E-state index in [-0.39, 0.29) is 12.5 Å². The summed E-state index contributed by atoms with van der Waals surface area (Å²) in [7, 11) is 0. The molecule has 0 heterocycles. The van der Waals surface area contributed by atoms with Crippen molar-refractivity contribution in [2.45, 2.75) is 13.8 Å². The molecule has 0 aliphatic carbocycles. The van der Waals surface area contributed by atoms with Crippen molar-refractivity contribution in [2.75, 3.05) is 23.8 Å².